The predicted molar refractivity (Wildman–Crippen MR) is 131 cm³/mol. The second-order valence-corrected chi connectivity index (χ2v) is 8.94. The van der Waals surface area contributed by atoms with Gasteiger partial charge < -0.3 is 5.32 Å². The van der Waals surface area contributed by atoms with Gasteiger partial charge >= 0.3 is 0 Å². The molecule has 1 N–H and O–H groups in total. The summed E-state index contributed by atoms with van der Waals surface area (Å²) in [6.45, 7) is 0. The Balaban J connectivity index is 1.99. The molecule has 0 aliphatic heterocycles. The second kappa shape index (κ2) is 8.50. The van der Waals surface area contributed by atoms with Crippen molar-refractivity contribution in [3.8, 4) is 0 Å². The molecule has 0 fully saturated rings. The van der Waals surface area contributed by atoms with Crippen LogP contribution in [-0.2, 0) is 10.4 Å². The maximum atomic E-state index is 3.85. The van der Waals surface area contributed by atoms with Crippen LogP contribution in [0.5, 0.6) is 0 Å². The Bertz CT molecular complexity index is 998. The van der Waals surface area contributed by atoms with E-state index >= 15 is 0 Å². The lowest BCUT2D eigenvalue weighted by Gasteiger charge is -2.48. The number of anilines is 1. The molecular weight excluding hydrogens is 388 g/mol. The summed E-state index contributed by atoms with van der Waals surface area (Å²) in [5.41, 5.74) is 4.71. The minimum atomic E-state index is -0.511. The maximum absolute atomic E-state index is 3.85. The number of hydrogen-bond donors (Lipinski definition) is 1. The van der Waals surface area contributed by atoms with Crippen LogP contribution in [0.1, 0.15) is 16.7 Å². The van der Waals surface area contributed by atoms with E-state index in [-0.39, 0.29) is 0 Å². The molecule has 4 rings (SSSR count). The highest BCUT2D eigenvalue weighted by Crippen LogP contribution is 2.57. The number of nitrogens with one attached hydrogen (secondary N) is 1. The molecule has 0 aliphatic rings. The third-order valence-corrected chi connectivity index (χ3v) is 7.81. The Labute approximate surface area is 178 Å². The highest BCUT2D eigenvalue weighted by Gasteiger charge is 2.49. The molecule has 3 atom stereocenters. The van der Waals surface area contributed by atoms with Crippen LogP contribution in [-0.4, -0.2) is 0 Å². The topological polar surface area (TPSA) is 12.0 Å². The zero-order valence-corrected chi connectivity index (χ0v) is 18.5. The summed E-state index contributed by atoms with van der Waals surface area (Å²) < 4.78 is 0. The first-order chi connectivity index (χ1) is 14.1. The molecule has 3 unspecified atom stereocenters. The van der Waals surface area contributed by atoms with Crippen molar-refractivity contribution in [1.29, 1.82) is 0 Å². The fourth-order valence-corrected chi connectivity index (χ4v) is 5.19. The van der Waals surface area contributed by atoms with Crippen molar-refractivity contribution < 1.29 is 0 Å². The molecule has 0 radical (unpaired) electrons. The minimum Gasteiger partial charge on any atom is -0.371 e. The van der Waals surface area contributed by atoms with Crippen molar-refractivity contribution in [3.63, 3.8) is 0 Å². The molecule has 1 nitrogen and oxygen atoms in total. The number of benzene rings is 4. The van der Waals surface area contributed by atoms with E-state index in [4.69, 9.17) is 0 Å². The fourth-order valence-electron chi connectivity index (χ4n) is 3.87. The Hall–Kier alpha value is -2.46. The van der Waals surface area contributed by atoms with Gasteiger partial charge in [-0.05, 0) is 28.8 Å². The van der Waals surface area contributed by atoms with E-state index in [1.165, 1.54) is 16.7 Å². The molecular formula is C26H25NP2. The van der Waals surface area contributed by atoms with Gasteiger partial charge in [0.25, 0.3) is 0 Å². The van der Waals surface area contributed by atoms with Crippen molar-refractivity contribution in [2.45, 2.75) is 10.4 Å². The molecule has 0 spiro atoms. The molecule has 0 saturated heterocycles. The van der Waals surface area contributed by atoms with Gasteiger partial charge in [0.15, 0.2) is 0 Å². The summed E-state index contributed by atoms with van der Waals surface area (Å²) in [6, 6.07) is 42.4. The van der Waals surface area contributed by atoms with Crippen LogP contribution in [0.4, 0.5) is 5.69 Å². The Morgan fingerprint density at radius 1 is 0.448 bits per heavy atom. The molecule has 0 heterocycles. The van der Waals surface area contributed by atoms with Gasteiger partial charge in [-0.15, -0.1) is 18.5 Å². The third kappa shape index (κ3) is 3.74. The maximum Gasteiger partial charge on any atom is 0.0933 e. The molecule has 0 bridgehead atoms. The van der Waals surface area contributed by atoms with E-state index in [1.54, 1.807) is 0 Å². The smallest absolute Gasteiger partial charge is 0.0933 e. The van der Waals surface area contributed by atoms with Gasteiger partial charge in [-0.2, -0.15) is 0 Å². The SMILES string of the molecule is PC(Nc1ccccc1)(c1ccccc1)C(P)(c1ccccc1)c1ccccc1. The quantitative estimate of drug-likeness (QED) is 0.349. The molecule has 0 saturated carbocycles. The first kappa shape index (κ1) is 19.8. The summed E-state index contributed by atoms with van der Waals surface area (Å²) in [4.78, 5) is 0. The van der Waals surface area contributed by atoms with Crippen LogP contribution in [0.3, 0.4) is 0 Å². The normalized spacial score (nSPS) is 13.4. The van der Waals surface area contributed by atoms with Crippen LogP contribution in [0.25, 0.3) is 0 Å². The number of rotatable bonds is 6. The molecule has 3 heteroatoms. The van der Waals surface area contributed by atoms with E-state index in [1.807, 2.05) is 6.07 Å². The van der Waals surface area contributed by atoms with Gasteiger partial charge in [-0.1, -0.05) is 109 Å². The fraction of sp³-hybridized carbons (Fsp3) is 0.0769. The summed E-state index contributed by atoms with van der Waals surface area (Å²) in [5.74, 6) is 0. The molecule has 4 aromatic rings. The number of hydrogen-bond acceptors (Lipinski definition) is 1. The van der Waals surface area contributed by atoms with E-state index in [0.717, 1.165) is 5.69 Å². The van der Waals surface area contributed by atoms with E-state index < -0.39 is 10.4 Å². The van der Waals surface area contributed by atoms with Crippen LogP contribution >= 0.6 is 18.5 Å². The lowest BCUT2D eigenvalue weighted by Crippen LogP contribution is -2.47. The van der Waals surface area contributed by atoms with Gasteiger partial charge in [0.2, 0.25) is 0 Å². The first-order valence-electron chi connectivity index (χ1n) is 9.72. The zero-order chi connectivity index (χ0) is 20.2. The molecule has 0 aromatic heterocycles. The minimum absolute atomic E-state index is 0.433. The summed E-state index contributed by atoms with van der Waals surface area (Å²) in [7, 11) is 6.31. The van der Waals surface area contributed by atoms with Gasteiger partial charge in [-0.25, -0.2) is 0 Å². The summed E-state index contributed by atoms with van der Waals surface area (Å²) >= 11 is 0. The average molecular weight is 413 g/mol. The van der Waals surface area contributed by atoms with Gasteiger partial charge in [0, 0.05) is 5.69 Å². The molecule has 144 valence electrons. The van der Waals surface area contributed by atoms with Crippen molar-refractivity contribution in [2.75, 3.05) is 5.32 Å². The molecule has 4 aromatic carbocycles. The van der Waals surface area contributed by atoms with Gasteiger partial charge in [0.05, 0.1) is 10.4 Å². The largest absolute Gasteiger partial charge is 0.371 e. The van der Waals surface area contributed by atoms with Crippen molar-refractivity contribution in [2.24, 2.45) is 0 Å². The van der Waals surface area contributed by atoms with Crippen molar-refractivity contribution >= 4 is 24.2 Å². The van der Waals surface area contributed by atoms with Crippen LogP contribution < -0.4 is 5.32 Å². The van der Waals surface area contributed by atoms with Crippen molar-refractivity contribution in [3.05, 3.63) is 138 Å². The van der Waals surface area contributed by atoms with Crippen LogP contribution in [0.15, 0.2) is 121 Å². The summed E-state index contributed by atoms with van der Waals surface area (Å²) in [6.07, 6.45) is 0. The van der Waals surface area contributed by atoms with Crippen molar-refractivity contribution in [1.82, 2.24) is 0 Å². The highest BCUT2D eigenvalue weighted by atomic mass is 31.0. The zero-order valence-electron chi connectivity index (χ0n) is 16.2. The van der Waals surface area contributed by atoms with E-state index in [9.17, 15) is 0 Å². The first-order valence-corrected chi connectivity index (χ1v) is 10.9. The standard InChI is InChI=1S/C26H25NP2/c28-25(21-13-5-1-6-14-21,22-15-7-2-8-16-22)26(29,23-17-9-3-10-18-23)27-24-19-11-4-12-20-24/h1-20,27H,28-29H2. The lowest BCUT2D eigenvalue weighted by atomic mass is 9.79. The third-order valence-electron chi connectivity index (χ3n) is 5.42. The van der Waals surface area contributed by atoms with Crippen LogP contribution in [0, 0.1) is 0 Å². The monoisotopic (exact) mass is 413 g/mol. The lowest BCUT2D eigenvalue weighted by molar-refractivity contribution is 0.561. The number of para-hydroxylation sites is 1. The second-order valence-electron chi connectivity index (χ2n) is 7.21. The molecule has 0 aliphatic carbocycles. The Kier molecular flexibility index (Phi) is 5.81. The van der Waals surface area contributed by atoms with Gasteiger partial charge in [0.1, 0.15) is 0 Å². The molecule has 0 amide bonds. The predicted octanol–water partition coefficient (Wildman–Crippen LogP) is 6.65. The van der Waals surface area contributed by atoms with E-state index in [2.05, 4.69) is 139 Å². The van der Waals surface area contributed by atoms with Gasteiger partial charge in [-0.3, -0.25) is 0 Å². The van der Waals surface area contributed by atoms with Crippen LogP contribution in [0.2, 0.25) is 0 Å². The Morgan fingerprint density at radius 3 is 1.21 bits per heavy atom. The highest BCUT2D eigenvalue weighted by molar-refractivity contribution is 7.25. The summed E-state index contributed by atoms with van der Waals surface area (Å²) in [5, 5.41) is 2.91. The Morgan fingerprint density at radius 2 is 0.793 bits per heavy atom. The molecule has 29 heavy (non-hydrogen) atoms. The van der Waals surface area contributed by atoms with E-state index in [0.29, 0.717) is 0 Å². The average Bonchev–Trinajstić information content (AvgIpc) is 2.81.